The maximum absolute atomic E-state index is 6.57. The van der Waals surface area contributed by atoms with Gasteiger partial charge in [0.05, 0.1) is 17.6 Å². The molecule has 0 unspecified atom stereocenters. The summed E-state index contributed by atoms with van der Waals surface area (Å²) in [5, 5.41) is 4.63. The molecule has 2 heterocycles. The zero-order valence-corrected chi connectivity index (χ0v) is 22.4. The van der Waals surface area contributed by atoms with Crippen LogP contribution in [0.15, 0.2) is 149 Å². The molecule has 0 saturated heterocycles. The molecule has 0 fully saturated rings. The summed E-state index contributed by atoms with van der Waals surface area (Å²) in [6.07, 6.45) is 1.97. The Balaban J connectivity index is 1.37. The minimum absolute atomic E-state index is 0.653. The second kappa shape index (κ2) is 9.65. The smallest absolute Gasteiger partial charge is 0.160 e. The fourth-order valence-electron chi connectivity index (χ4n) is 5.94. The molecular formula is C38H26N2O. The number of aromatic nitrogens is 1. The van der Waals surface area contributed by atoms with Gasteiger partial charge < -0.3 is 8.98 Å². The number of fused-ring (bicyclic) bond motifs is 7. The highest BCUT2D eigenvalue weighted by molar-refractivity contribution is 6.21. The quantitative estimate of drug-likeness (QED) is 0.205. The Morgan fingerprint density at radius 1 is 0.585 bits per heavy atom. The lowest BCUT2D eigenvalue weighted by Crippen LogP contribution is -1.96. The normalized spacial score (nSPS) is 11.9. The summed E-state index contributed by atoms with van der Waals surface area (Å²) < 4.78 is 8.93. The van der Waals surface area contributed by atoms with Gasteiger partial charge in [0.15, 0.2) is 5.58 Å². The molecule has 8 aromatic rings. The number of hydrogen-bond acceptors (Lipinski definition) is 2. The summed E-state index contributed by atoms with van der Waals surface area (Å²) in [5.41, 5.74) is 9.75. The number of aliphatic imine (C=N–C) groups is 1. The van der Waals surface area contributed by atoms with Crippen molar-refractivity contribution in [1.82, 2.24) is 4.57 Å². The minimum atomic E-state index is 0.653. The second-order valence-electron chi connectivity index (χ2n) is 10.4. The van der Waals surface area contributed by atoms with Crippen molar-refractivity contribution in [3.63, 3.8) is 0 Å². The van der Waals surface area contributed by atoms with Gasteiger partial charge in [-0.1, -0.05) is 109 Å². The Morgan fingerprint density at radius 2 is 1.34 bits per heavy atom. The maximum Gasteiger partial charge on any atom is 0.160 e. The Hall–Kier alpha value is -5.41. The monoisotopic (exact) mass is 526 g/mol. The molecule has 0 amide bonds. The van der Waals surface area contributed by atoms with Crippen LogP contribution in [-0.2, 0) is 6.54 Å². The van der Waals surface area contributed by atoms with Crippen molar-refractivity contribution >= 4 is 50.0 Å². The second-order valence-corrected chi connectivity index (χ2v) is 10.4. The summed E-state index contributed by atoms with van der Waals surface area (Å²) in [6, 6.07) is 49.0. The van der Waals surface area contributed by atoms with Crippen LogP contribution in [0.4, 0.5) is 0 Å². The number of para-hydroxylation sites is 1. The van der Waals surface area contributed by atoms with Gasteiger partial charge in [0.1, 0.15) is 5.58 Å². The molecule has 0 saturated carbocycles. The number of benzene rings is 6. The molecule has 3 nitrogen and oxygen atoms in total. The summed E-state index contributed by atoms with van der Waals surface area (Å²) >= 11 is 0. The van der Waals surface area contributed by atoms with E-state index in [0.717, 1.165) is 44.2 Å². The van der Waals surface area contributed by atoms with Gasteiger partial charge in [-0.15, -0.1) is 0 Å². The first-order valence-electron chi connectivity index (χ1n) is 13.9. The molecule has 0 bridgehead atoms. The van der Waals surface area contributed by atoms with Crippen molar-refractivity contribution in [2.24, 2.45) is 4.99 Å². The highest BCUT2D eigenvalue weighted by Gasteiger charge is 2.19. The van der Waals surface area contributed by atoms with Crippen molar-refractivity contribution in [3.05, 3.63) is 151 Å². The number of hydrogen-bond donors (Lipinski definition) is 0. The van der Waals surface area contributed by atoms with E-state index in [4.69, 9.17) is 9.41 Å². The van der Waals surface area contributed by atoms with E-state index in [0.29, 0.717) is 6.54 Å². The Labute approximate surface area is 237 Å². The fraction of sp³-hybridized carbons (Fsp3) is 0.0263. The molecule has 0 aliphatic rings. The van der Waals surface area contributed by atoms with Crippen molar-refractivity contribution < 1.29 is 4.42 Å². The van der Waals surface area contributed by atoms with Gasteiger partial charge in [0.2, 0.25) is 0 Å². The number of furan rings is 1. The molecule has 0 aliphatic carbocycles. The third kappa shape index (κ3) is 4.02. The molecule has 8 rings (SSSR count). The zero-order chi connectivity index (χ0) is 27.2. The molecule has 0 spiro atoms. The summed E-state index contributed by atoms with van der Waals surface area (Å²) in [4.78, 5) is 4.74. The van der Waals surface area contributed by atoms with E-state index in [9.17, 15) is 0 Å². The number of rotatable bonds is 5. The average Bonchev–Trinajstić information content (AvgIpc) is 3.58. The molecule has 194 valence electrons. The van der Waals surface area contributed by atoms with Crippen molar-refractivity contribution in [3.8, 4) is 16.8 Å². The Bertz CT molecular complexity index is 2220. The van der Waals surface area contributed by atoms with E-state index in [2.05, 4.69) is 126 Å². The third-order valence-corrected chi connectivity index (χ3v) is 7.87. The van der Waals surface area contributed by atoms with Gasteiger partial charge in [-0.2, -0.15) is 0 Å². The molecule has 6 aromatic carbocycles. The third-order valence-electron chi connectivity index (χ3n) is 7.87. The van der Waals surface area contributed by atoms with E-state index in [-0.39, 0.29) is 0 Å². The molecule has 0 aliphatic heterocycles. The van der Waals surface area contributed by atoms with Gasteiger partial charge in [0, 0.05) is 33.4 Å². The van der Waals surface area contributed by atoms with Crippen LogP contribution in [0, 0.1) is 0 Å². The molecule has 41 heavy (non-hydrogen) atoms. The first-order valence-corrected chi connectivity index (χ1v) is 13.9. The van der Waals surface area contributed by atoms with Crippen LogP contribution < -0.4 is 0 Å². The topological polar surface area (TPSA) is 30.4 Å². The van der Waals surface area contributed by atoms with E-state index in [1.165, 1.54) is 27.5 Å². The van der Waals surface area contributed by atoms with Gasteiger partial charge in [-0.05, 0) is 52.6 Å². The highest BCUT2D eigenvalue weighted by Crippen LogP contribution is 2.41. The van der Waals surface area contributed by atoms with Crippen LogP contribution in [0.5, 0.6) is 0 Å². The Morgan fingerprint density at radius 3 is 2.22 bits per heavy atom. The standard InChI is InChI=1S/C38H26N2O/c1-3-10-26(11-4-1)24-39-25-27-12-9-15-30(22-27)40-35-23-29(28-13-5-2-6-14-28)18-19-31(35)33-20-21-34-32-16-7-8-17-36(32)41-38(34)37(33)40/h1-23,25H,24H2. The lowest BCUT2D eigenvalue weighted by atomic mass is 10.0. The van der Waals surface area contributed by atoms with Crippen molar-refractivity contribution in [2.45, 2.75) is 6.54 Å². The largest absolute Gasteiger partial charge is 0.454 e. The van der Waals surface area contributed by atoms with Crippen LogP contribution in [-0.4, -0.2) is 10.8 Å². The minimum Gasteiger partial charge on any atom is -0.454 e. The highest BCUT2D eigenvalue weighted by atomic mass is 16.3. The van der Waals surface area contributed by atoms with E-state index in [1.807, 2.05) is 24.4 Å². The predicted octanol–water partition coefficient (Wildman–Crippen LogP) is 9.97. The first kappa shape index (κ1) is 23.5. The van der Waals surface area contributed by atoms with Crippen LogP contribution in [0.2, 0.25) is 0 Å². The van der Waals surface area contributed by atoms with Crippen LogP contribution in [0.1, 0.15) is 11.1 Å². The first-order chi connectivity index (χ1) is 20.3. The summed E-state index contributed by atoms with van der Waals surface area (Å²) in [7, 11) is 0. The van der Waals surface area contributed by atoms with Crippen LogP contribution >= 0.6 is 0 Å². The van der Waals surface area contributed by atoms with Gasteiger partial charge >= 0.3 is 0 Å². The summed E-state index contributed by atoms with van der Waals surface area (Å²) in [6.45, 7) is 0.653. The van der Waals surface area contributed by atoms with Gasteiger partial charge in [0.25, 0.3) is 0 Å². The zero-order valence-electron chi connectivity index (χ0n) is 22.4. The van der Waals surface area contributed by atoms with E-state index in [1.54, 1.807) is 0 Å². The lowest BCUT2D eigenvalue weighted by molar-refractivity contribution is 0.671. The van der Waals surface area contributed by atoms with Gasteiger partial charge in [-0.3, -0.25) is 4.99 Å². The molecule has 0 atom stereocenters. The predicted molar refractivity (Wildman–Crippen MR) is 171 cm³/mol. The van der Waals surface area contributed by atoms with Gasteiger partial charge in [-0.25, -0.2) is 0 Å². The maximum atomic E-state index is 6.57. The van der Waals surface area contributed by atoms with E-state index >= 15 is 0 Å². The molecule has 2 aromatic heterocycles. The Kier molecular flexibility index (Phi) is 5.53. The van der Waals surface area contributed by atoms with Crippen LogP contribution in [0.25, 0.3) is 60.6 Å². The molecule has 3 heteroatoms. The van der Waals surface area contributed by atoms with Crippen LogP contribution in [0.3, 0.4) is 0 Å². The van der Waals surface area contributed by atoms with E-state index < -0.39 is 0 Å². The SMILES string of the molecule is C(=NCc1ccccc1)c1cccc(-n2c3cc(-c4ccccc4)ccc3c3ccc4c5ccccc5oc4c32)c1. The molecule has 0 radical (unpaired) electrons. The van der Waals surface area contributed by atoms with Crippen molar-refractivity contribution in [1.29, 1.82) is 0 Å². The molecular weight excluding hydrogens is 500 g/mol. The fourth-order valence-corrected chi connectivity index (χ4v) is 5.94. The molecule has 0 N–H and O–H groups in total. The van der Waals surface area contributed by atoms with Crippen molar-refractivity contribution in [2.75, 3.05) is 0 Å². The number of nitrogens with zero attached hydrogens (tertiary/aromatic N) is 2. The average molecular weight is 527 g/mol. The lowest BCUT2D eigenvalue weighted by Gasteiger charge is -2.10. The summed E-state index contributed by atoms with van der Waals surface area (Å²) in [5.74, 6) is 0.